The number of nitrogens with zero attached hydrogens (tertiary/aromatic N) is 2. The van der Waals surface area contributed by atoms with Crippen molar-refractivity contribution in [1.29, 1.82) is 0 Å². The number of methoxy groups -OCH3 is 1. The number of carbonyl (C=O) groups excluding carboxylic acids is 1. The van der Waals surface area contributed by atoms with E-state index in [2.05, 4.69) is 9.97 Å². The molecule has 0 aliphatic heterocycles. The van der Waals surface area contributed by atoms with Crippen LogP contribution in [-0.2, 0) is 11.8 Å². The lowest BCUT2D eigenvalue weighted by Crippen LogP contribution is -2.39. The molecule has 0 radical (unpaired) electrons. The number of ketones is 1. The van der Waals surface area contributed by atoms with E-state index in [0.717, 1.165) is 17.0 Å². The van der Waals surface area contributed by atoms with Gasteiger partial charge in [0.15, 0.2) is 5.78 Å². The number of rotatable bonds is 2. The van der Waals surface area contributed by atoms with E-state index >= 15 is 0 Å². The van der Waals surface area contributed by atoms with E-state index in [1.54, 1.807) is 19.4 Å². The summed E-state index contributed by atoms with van der Waals surface area (Å²) in [7, 11) is 1.60. The SMILES string of the molecule is COc1ccc(C2(C)CCc3nc(Cl)cc(C)c3C2=O)nc1. The van der Waals surface area contributed by atoms with Gasteiger partial charge in [-0.1, -0.05) is 11.6 Å². The number of aryl methyl sites for hydroxylation is 2. The van der Waals surface area contributed by atoms with Crippen molar-refractivity contribution in [3.63, 3.8) is 0 Å². The number of hydrogen-bond donors (Lipinski definition) is 0. The van der Waals surface area contributed by atoms with Gasteiger partial charge in [0.1, 0.15) is 10.9 Å². The Labute approximate surface area is 134 Å². The Morgan fingerprint density at radius 3 is 2.77 bits per heavy atom. The van der Waals surface area contributed by atoms with E-state index in [1.807, 2.05) is 26.0 Å². The molecule has 2 aromatic heterocycles. The fraction of sp³-hybridized carbons (Fsp3) is 0.353. The monoisotopic (exact) mass is 316 g/mol. The fourth-order valence-corrected chi connectivity index (χ4v) is 3.28. The second kappa shape index (κ2) is 5.36. The predicted molar refractivity (Wildman–Crippen MR) is 84.8 cm³/mol. The summed E-state index contributed by atoms with van der Waals surface area (Å²) in [6, 6.07) is 5.44. The molecule has 3 rings (SSSR count). The summed E-state index contributed by atoms with van der Waals surface area (Å²) in [6.07, 6.45) is 3.04. The summed E-state index contributed by atoms with van der Waals surface area (Å²) in [5, 5.41) is 0.440. The van der Waals surface area contributed by atoms with Crippen LogP contribution in [0.1, 0.15) is 40.7 Å². The Kier molecular flexibility index (Phi) is 3.65. The molecule has 0 N–H and O–H groups in total. The van der Waals surface area contributed by atoms with E-state index in [9.17, 15) is 4.79 Å². The molecule has 2 heterocycles. The number of pyridine rings is 2. The van der Waals surface area contributed by atoms with Crippen LogP contribution in [0, 0.1) is 6.92 Å². The van der Waals surface area contributed by atoms with Crippen LogP contribution in [-0.4, -0.2) is 22.9 Å². The van der Waals surface area contributed by atoms with Crippen molar-refractivity contribution in [3.8, 4) is 5.75 Å². The second-order valence-electron chi connectivity index (χ2n) is 5.83. The third-order valence-electron chi connectivity index (χ3n) is 4.39. The van der Waals surface area contributed by atoms with Crippen molar-refractivity contribution in [2.45, 2.75) is 32.1 Å². The molecule has 0 bridgehead atoms. The van der Waals surface area contributed by atoms with Crippen molar-refractivity contribution in [3.05, 3.63) is 52.1 Å². The summed E-state index contributed by atoms with van der Waals surface area (Å²) >= 11 is 6.00. The van der Waals surface area contributed by atoms with Crippen LogP contribution < -0.4 is 4.74 Å². The zero-order valence-electron chi connectivity index (χ0n) is 12.8. The first-order valence-electron chi connectivity index (χ1n) is 7.17. The van der Waals surface area contributed by atoms with Crippen molar-refractivity contribution < 1.29 is 9.53 Å². The summed E-state index contributed by atoms with van der Waals surface area (Å²) in [6.45, 7) is 3.85. The standard InChI is InChI=1S/C17H17ClN2O2/c1-10-8-14(18)20-12-6-7-17(2,16(21)15(10)12)13-5-4-11(22-3)9-19-13/h4-5,8-9H,6-7H2,1-3H3. The normalized spacial score (nSPS) is 20.6. The molecule has 1 unspecified atom stereocenters. The maximum Gasteiger partial charge on any atom is 0.176 e. The summed E-state index contributed by atoms with van der Waals surface area (Å²) in [5.41, 5.74) is 2.48. The van der Waals surface area contributed by atoms with Crippen LogP contribution in [0.2, 0.25) is 5.15 Å². The summed E-state index contributed by atoms with van der Waals surface area (Å²) in [5.74, 6) is 0.744. The van der Waals surface area contributed by atoms with E-state index in [4.69, 9.17) is 16.3 Å². The highest BCUT2D eigenvalue weighted by Crippen LogP contribution is 2.38. The highest BCUT2D eigenvalue weighted by molar-refractivity contribution is 6.29. The minimum absolute atomic E-state index is 0.0630. The van der Waals surface area contributed by atoms with Gasteiger partial charge >= 0.3 is 0 Å². The van der Waals surface area contributed by atoms with Crippen LogP contribution in [0.15, 0.2) is 24.4 Å². The quantitative estimate of drug-likeness (QED) is 0.795. The molecule has 5 heteroatoms. The minimum atomic E-state index is -0.639. The van der Waals surface area contributed by atoms with E-state index in [0.29, 0.717) is 29.3 Å². The van der Waals surface area contributed by atoms with Crippen LogP contribution in [0.25, 0.3) is 0 Å². The predicted octanol–water partition coefficient (Wildman–Crippen LogP) is 3.53. The number of fused-ring (bicyclic) bond motifs is 1. The molecular formula is C17H17ClN2O2. The lowest BCUT2D eigenvalue weighted by atomic mass is 9.70. The van der Waals surface area contributed by atoms with Crippen molar-refractivity contribution in [2.75, 3.05) is 7.11 Å². The molecule has 0 spiro atoms. The van der Waals surface area contributed by atoms with Gasteiger partial charge in [0.05, 0.1) is 30.1 Å². The number of hydrogen-bond acceptors (Lipinski definition) is 4. The zero-order chi connectivity index (χ0) is 15.9. The molecule has 2 aromatic rings. The van der Waals surface area contributed by atoms with Crippen LogP contribution in [0.5, 0.6) is 5.75 Å². The zero-order valence-corrected chi connectivity index (χ0v) is 13.6. The summed E-state index contributed by atoms with van der Waals surface area (Å²) < 4.78 is 5.13. The van der Waals surface area contributed by atoms with Crippen molar-refractivity contribution in [1.82, 2.24) is 9.97 Å². The molecular weight excluding hydrogens is 300 g/mol. The van der Waals surface area contributed by atoms with Gasteiger partial charge < -0.3 is 4.74 Å². The topological polar surface area (TPSA) is 52.1 Å². The van der Waals surface area contributed by atoms with E-state index in [1.165, 1.54) is 0 Å². The third-order valence-corrected chi connectivity index (χ3v) is 4.58. The van der Waals surface area contributed by atoms with Gasteiger partial charge in [-0.25, -0.2) is 4.98 Å². The Morgan fingerprint density at radius 2 is 2.14 bits per heavy atom. The molecule has 0 fully saturated rings. The third kappa shape index (κ3) is 2.28. The van der Waals surface area contributed by atoms with E-state index in [-0.39, 0.29) is 5.78 Å². The Hall–Kier alpha value is -1.94. The average molecular weight is 317 g/mol. The van der Waals surface area contributed by atoms with Gasteiger partial charge in [0.2, 0.25) is 0 Å². The number of aromatic nitrogens is 2. The largest absolute Gasteiger partial charge is 0.495 e. The number of carbonyl (C=O) groups is 1. The fourth-order valence-electron chi connectivity index (χ4n) is 3.02. The van der Waals surface area contributed by atoms with Gasteiger partial charge in [0.25, 0.3) is 0 Å². The Bertz CT molecular complexity index is 743. The first kappa shape index (κ1) is 15.0. The Balaban J connectivity index is 2.07. The first-order chi connectivity index (χ1) is 10.5. The first-order valence-corrected chi connectivity index (χ1v) is 7.55. The van der Waals surface area contributed by atoms with Crippen molar-refractivity contribution >= 4 is 17.4 Å². The molecule has 0 saturated heterocycles. The number of Topliss-reactive ketones (excluding diaryl/α,β-unsaturated/α-hetero) is 1. The Morgan fingerprint density at radius 1 is 1.36 bits per heavy atom. The number of ether oxygens (including phenoxy) is 1. The highest BCUT2D eigenvalue weighted by atomic mass is 35.5. The molecule has 0 saturated carbocycles. The van der Waals surface area contributed by atoms with Crippen LogP contribution >= 0.6 is 11.6 Å². The highest BCUT2D eigenvalue weighted by Gasteiger charge is 2.42. The molecule has 4 nitrogen and oxygen atoms in total. The van der Waals surface area contributed by atoms with Crippen LogP contribution in [0.4, 0.5) is 0 Å². The van der Waals surface area contributed by atoms with Gasteiger partial charge in [-0.05, 0) is 50.5 Å². The van der Waals surface area contributed by atoms with E-state index < -0.39 is 5.41 Å². The smallest absolute Gasteiger partial charge is 0.176 e. The summed E-state index contributed by atoms with van der Waals surface area (Å²) in [4.78, 5) is 21.8. The maximum atomic E-state index is 13.1. The molecule has 0 amide bonds. The molecule has 22 heavy (non-hydrogen) atoms. The second-order valence-corrected chi connectivity index (χ2v) is 6.22. The molecule has 114 valence electrons. The molecule has 1 aliphatic carbocycles. The maximum absolute atomic E-state index is 13.1. The number of halogens is 1. The molecule has 1 atom stereocenters. The van der Waals surface area contributed by atoms with Crippen molar-refractivity contribution in [2.24, 2.45) is 0 Å². The molecule has 1 aliphatic rings. The van der Waals surface area contributed by atoms with Gasteiger partial charge in [-0.2, -0.15) is 0 Å². The molecule has 0 aromatic carbocycles. The van der Waals surface area contributed by atoms with Gasteiger partial charge in [-0.15, -0.1) is 0 Å². The average Bonchev–Trinajstić information content (AvgIpc) is 2.50. The lowest BCUT2D eigenvalue weighted by Gasteiger charge is -2.33. The van der Waals surface area contributed by atoms with Gasteiger partial charge in [-0.3, -0.25) is 9.78 Å². The van der Waals surface area contributed by atoms with Gasteiger partial charge in [0, 0.05) is 5.56 Å². The van der Waals surface area contributed by atoms with Crippen LogP contribution in [0.3, 0.4) is 0 Å². The lowest BCUT2D eigenvalue weighted by molar-refractivity contribution is 0.0869. The minimum Gasteiger partial charge on any atom is -0.495 e.